The van der Waals surface area contributed by atoms with Crippen LogP contribution >= 0.6 is 11.3 Å². The van der Waals surface area contributed by atoms with Gasteiger partial charge in [-0.15, -0.1) is 11.3 Å². The van der Waals surface area contributed by atoms with E-state index in [2.05, 4.69) is 15.6 Å². The first-order chi connectivity index (χ1) is 9.83. The second-order valence-corrected chi connectivity index (χ2v) is 5.84. The van der Waals surface area contributed by atoms with Gasteiger partial charge in [0.2, 0.25) is 5.91 Å². The largest absolute Gasteiger partial charge is 0.326 e. The van der Waals surface area contributed by atoms with Gasteiger partial charge in [0.25, 0.3) is 0 Å². The number of anilines is 1. The number of benzene rings is 1. The molecule has 2 N–H and O–H groups in total. The van der Waals surface area contributed by atoms with E-state index in [1.54, 1.807) is 17.5 Å². The fourth-order valence-corrected chi connectivity index (χ4v) is 3.03. The van der Waals surface area contributed by atoms with E-state index >= 15 is 0 Å². The molecule has 0 aliphatic carbocycles. The Balaban J connectivity index is 1.64. The van der Waals surface area contributed by atoms with Gasteiger partial charge < -0.3 is 10.6 Å². The number of carbonyl (C=O) groups is 1. The van der Waals surface area contributed by atoms with Gasteiger partial charge in [-0.3, -0.25) is 4.79 Å². The van der Waals surface area contributed by atoms with Crippen molar-refractivity contribution in [2.24, 2.45) is 5.92 Å². The quantitative estimate of drug-likeness (QED) is 0.912. The maximum absolute atomic E-state index is 12.1. The summed E-state index contributed by atoms with van der Waals surface area (Å²) in [6.07, 6.45) is 3.84. The van der Waals surface area contributed by atoms with E-state index in [-0.39, 0.29) is 11.8 Å². The second kappa shape index (κ2) is 6.15. The third-order valence-corrected chi connectivity index (χ3v) is 4.32. The predicted molar refractivity (Wildman–Crippen MR) is 81.8 cm³/mol. The van der Waals surface area contributed by atoms with Crippen molar-refractivity contribution in [2.75, 3.05) is 18.4 Å². The number of piperidine rings is 1. The molecule has 2 aromatic rings. The Bertz CT molecular complexity index is 559. The highest BCUT2D eigenvalue weighted by atomic mass is 32.1. The molecule has 1 aromatic heterocycles. The third kappa shape index (κ3) is 3.05. The lowest BCUT2D eigenvalue weighted by Crippen LogP contribution is -2.37. The molecule has 0 saturated carbocycles. The summed E-state index contributed by atoms with van der Waals surface area (Å²) >= 11 is 1.61. The first-order valence-corrected chi connectivity index (χ1v) is 7.72. The number of aromatic nitrogens is 1. The van der Waals surface area contributed by atoms with Gasteiger partial charge in [0, 0.05) is 29.4 Å². The van der Waals surface area contributed by atoms with Crippen LogP contribution < -0.4 is 10.6 Å². The van der Waals surface area contributed by atoms with Crippen molar-refractivity contribution < 1.29 is 4.79 Å². The van der Waals surface area contributed by atoms with E-state index in [0.717, 1.165) is 42.2 Å². The molecule has 1 aliphatic heterocycles. The van der Waals surface area contributed by atoms with Crippen LogP contribution in [0.25, 0.3) is 10.6 Å². The van der Waals surface area contributed by atoms with E-state index in [1.165, 1.54) is 0 Å². The molecule has 104 valence electrons. The van der Waals surface area contributed by atoms with Crippen molar-refractivity contribution in [3.63, 3.8) is 0 Å². The van der Waals surface area contributed by atoms with E-state index < -0.39 is 0 Å². The Morgan fingerprint density at radius 1 is 1.35 bits per heavy atom. The Hall–Kier alpha value is -1.72. The van der Waals surface area contributed by atoms with Crippen LogP contribution in [0.4, 0.5) is 5.69 Å². The monoisotopic (exact) mass is 287 g/mol. The zero-order chi connectivity index (χ0) is 13.8. The van der Waals surface area contributed by atoms with Gasteiger partial charge in [-0.2, -0.15) is 0 Å². The van der Waals surface area contributed by atoms with Crippen LogP contribution in [0.2, 0.25) is 0 Å². The van der Waals surface area contributed by atoms with Crippen LogP contribution in [0.5, 0.6) is 0 Å². The highest BCUT2D eigenvalue weighted by Gasteiger charge is 2.20. The number of nitrogens with zero attached hydrogens (tertiary/aromatic N) is 1. The maximum Gasteiger partial charge on any atom is 0.228 e. The second-order valence-electron chi connectivity index (χ2n) is 4.95. The minimum absolute atomic E-state index is 0.0855. The first kappa shape index (κ1) is 13.3. The summed E-state index contributed by atoms with van der Waals surface area (Å²) in [5.74, 6) is 0.196. The summed E-state index contributed by atoms with van der Waals surface area (Å²) in [7, 11) is 0. The van der Waals surface area contributed by atoms with Gasteiger partial charge >= 0.3 is 0 Å². The third-order valence-electron chi connectivity index (χ3n) is 3.50. The van der Waals surface area contributed by atoms with Crippen LogP contribution in [0.1, 0.15) is 12.8 Å². The van der Waals surface area contributed by atoms with Crippen LogP contribution in [-0.4, -0.2) is 24.0 Å². The van der Waals surface area contributed by atoms with Crippen LogP contribution in [0, 0.1) is 5.92 Å². The van der Waals surface area contributed by atoms with Gasteiger partial charge in [0.05, 0.1) is 5.92 Å². The van der Waals surface area contributed by atoms with Crippen LogP contribution in [-0.2, 0) is 4.79 Å². The Kier molecular flexibility index (Phi) is 4.08. The lowest BCUT2D eigenvalue weighted by Gasteiger charge is -2.21. The zero-order valence-electron chi connectivity index (χ0n) is 11.1. The van der Waals surface area contributed by atoms with Crippen molar-refractivity contribution in [3.8, 4) is 10.6 Å². The van der Waals surface area contributed by atoms with Crippen molar-refractivity contribution >= 4 is 22.9 Å². The molecular weight excluding hydrogens is 270 g/mol. The van der Waals surface area contributed by atoms with Crippen LogP contribution in [0.15, 0.2) is 35.8 Å². The van der Waals surface area contributed by atoms with Crippen molar-refractivity contribution in [3.05, 3.63) is 35.8 Å². The lowest BCUT2D eigenvalue weighted by atomic mass is 9.99. The van der Waals surface area contributed by atoms with Crippen molar-refractivity contribution in [1.82, 2.24) is 10.3 Å². The number of hydrogen-bond donors (Lipinski definition) is 2. The summed E-state index contributed by atoms with van der Waals surface area (Å²) in [4.78, 5) is 16.4. The summed E-state index contributed by atoms with van der Waals surface area (Å²) < 4.78 is 0. The Morgan fingerprint density at radius 3 is 2.85 bits per heavy atom. The molecule has 0 radical (unpaired) electrons. The zero-order valence-corrected chi connectivity index (χ0v) is 12.0. The fraction of sp³-hybridized carbons (Fsp3) is 0.333. The molecule has 2 heterocycles. The number of amides is 1. The summed E-state index contributed by atoms with van der Waals surface area (Å²) in [6, 6.07) is 7.86. The molecule has 4 nitrogen and oxygen atoms in total. The Morgan fingerprint density at radius 2 is 2.20 bits per heavy atom. The van der Waals surface area contributed by atoms with Crippen molar-refractivity contribution in [2.45, 2.75) is 12.8 Å². The molecule has 0 bridgehead atoms. The average Bonchev–Trinajstić information content (AvgIpc) is 3.03. The van der Waals surface area contributed by atoms with Gasteiger partial charge in [0.15, 0.2) is 0 Å². The molecule has 0 unspecified atom stereocenters. The summed E-state index contributed by atoms with van der Waals surface area (Å²) in [5.41, 5.74) is 1.93. The van der Waals surface area contributed by atoms with E-state index in [4.69, 9.17) is 0 Å². The maximum atomic E-state index is 12.1. The summed E-state index contributed by atoms with van der Waals surface area (Å²) in [5, 5.41) is 9.21. The standard InChI is InChI=1S/C15H17N3OS/c19-14(12-2-1-7-16-10-12)18-13-5-3-11(4-6-13)15-17-8-9-20-15/h3-6,8-9,12,16H,1-2,7,10H2,(H,18,19)/t12-/m1/s1. The normalized spacial score (nSPS) is 18.7. The number of thiazole rings is 1. The molecule has 5 heteroatoms. The average molecular weight is 287 g/mol. The molecule has 1 fully saturated rings. The molecule has 3 rings (SSSR count). The van der Waals surface area contributed by atoms with E-state index in [1.807, 2.05) is 29.6 Å². The predicted octanol–water partition coefficient (Wildman–Crippen LogP) is 2.75. The van der Waals surface area contributed by atoms with Gasteiger partial charge in [-0.25, -0.2) is 4.98 Å². The highest BCUT2D eigenvalue weighted by Crippen LogP contribution is 2.23. The molecule has 1 saturated heterocycles. The van der Waals surface area contributed by atoms with Crippen molar-refractivity contribution in [1.29, 1.82) is 0 Å². The number of carbonyl (C=O) groups excluding carboxylic acids is 1. The highest BCUT2D eigenvalue weighted by molar-refractivity contribution is 7.13. The minimum atomic E-state index is 0.0855. The summed E-state index contributed by atoms with van der Waals surface area (Å²) in [6.45, 7) is 1.80. The molecule has 1 aliphatic rings. The number of rotatable bonds is 3. The topological polar surface area (TPSA) is 54.0 Å². The molecular formula is C15H17N3OS. The first-order valence-electron chi connectivity index (χ1n) is 6.84. The van der Waals surface area contributed by atoms with Gasteiger partial charge in [0.1, 0.15) is 5.01 Å². The fourth-order valence-electron chi connectivity index (χ4n) is 2.38. The van der Waals surface area contributed by atoms with Gasteiger partial charge in [-0.05, 0) is 43.7 Å². The van der Waals surface area contributed by atoms with E-state index in [9.17, 15) is 4.79 Å². The van der Waals surface area contributed by atoms with Gasteiger partial charge in [-0.1, -0.05) is 0 Å². The van der Waals surface area contributed by atoms with Crippen LogP contribution in [0.3, 0.4) is 0 Å². The molecule has 20 heavy (non-hydrogen) atoms. The van der Waals surface area contributed by atoms with E-state index in [0.29, 0.717) is 0 Å². The SMILES string of the molecule is O=C(Nc1ccc(-c2nccs2)cc1)[C@@H]1CCCNC1. The molecule has 0 spiro atoms. The molecule has 1 amide bonds. The smallest absolute Gasteiger partial charge is 0.228 e. The lowest BCUT2D eigenvalue weighted by molar-refractivity contribution is -0.120. The Labute approximate surface area is 122 Å². The molecule has 1 aromatic carbocycles. The number of hydrogen-bond acceptors (Lipinski definition) is 4. The number of nitrogens with one attached hydrogen (secondary N) is 2. The minimum Gasteiger partial charge on any atom is -0.326 e. The molecule has 1 atom stereocenters.